The molecule has 0 unspecified atom stereocenters. The molecule has 21 heavy (non-hydrogen) atoms. The molecule has 3 rings (SSSR count). The molecule has 110 valence electrons. The number of nitrogens with one attached hydrogen (secondary N) is 1. The molecular formula is C16H18N2O2S. The quantitative estimate of drug-likeness (QED) is 0.948. The van der Waals surface area contributed by atoms with Crippen molar-refractivity contribution in [1.82, 2.24) is 4.98 Å². The third-order valence-corrected chi connectivity index (χ3v) is 5.14. The van der Waals surface area contributed by atoms with E-state index in [9.17, 15) is 8.42 Å². The van der Waals surface area contributed by atoms with Crippen molar-refractivity contribution in [2.24, 2.45) is 0 Å². The Hall–Kier alpha value is -1.88. The number of sulfonamides is 1. The van der Waals surface area contributed by atoms with E-state index < -0.39 is 10.0 Å². The van der Waals surface area contributed by atoms with E-state index in [2.05, 4.69) is 9.71 Å². The van der Waals surface area contributed by atoms with E-state index in [-0.39, 0.29) is 0 Å². The molecule has 0 saturated carbocycles. The van der Waals surface area contributed by atoms with E-state index in [1.807, 2.05) is 19.1 Å². The number of nitrogens with zero attached hydrogens (tertiary/aromatic N) is 1. The Morgan fingerprint density at radius 3 is 2.57 bits per heavy atom. The highest BCUT2D eigenvalue weighted by molar-refractivity contribution is 7.92. The van der Waals surface area contributed by atoms with Gasteiger partial charge >= 0.3 is 0 Å². The fraction of sp³-hybridized carbons (Fsp3) is 0.312. The summed E-state index contributed by atoms with van der Waals surface area (Å²) in [4.78, 5) is 4.36. The van der Waals surface area contributed by atoms with Crippen molar-refractivity contribution in [2.45, 2.75) is 37.5 Å². The van der Waals surface area contributed by atoms with E-state index in [4.69, 9.17) is 0 Å². The third-order valence-electron chi connectivity index (χ3n) is 3.78. The van der Waals surface area contributed by atoms with Gasteiger partial charge in [-0.25, -0.2) is 13.4 Å². The van der Waals surface area contributed by atoms with Crippen molar-refractivity contribution in [3.05, 3.63) is 53.2 Å². The number of anilines is 1. The first-order valence-electron chi connectivity index (χ1n) is 7.12. The minimum absolute atomic E-state index is 0.312. The van der Waals surface area contributed by atoms with Gasteiger partial charge in [0.2, 0.25) is 0 Å². The van der Waals surface area contributed by atoms with Gasteiger partial charge in [-0.2, -0.15) is 0 Å². The number of fused-ring (bicyclic) bond motifs is 1. The topological polar surface area (TPSA) is 59.1 Å². The number of rotatable bonds is 3. The first kappa shape index (κ1) is 14.1. The first-order chi connectivity index (χ1) is 10.0. The van der Waals surface area contributed by atoms with Crippen LogP contribution in [0.2, 0.25) is 0 Å². The molecule has 0 fully saturated rings. The van der Waals surface area contributed by atoms with E-state index in [0.29, 0.717) is 10.7 Å². The zero-order valence-electron chi connectivity index (χ0n) is 12.0. The molecule has 5 heteroatoms. The second-order valence-electron chi connectivity index (χ2n) is 5.46. The lowest BCUT2D eigenvalue weighted by Crippen LogP contribution is -2.15. The fourth-order valence-electron chi connectivity index (χ4n) is 2.67. The molecule has 0 radical (unpaired) electrons. The second-order valence-corrected chi connectivity index (χ2v) is 7.14. The van der Waals surface area contributed by atoms with Gasteiger partial charge in [0, 0.05) is 6.20 Å². The van der Waals surface area contributed by atoms with Crippen LogP contribution in [0, 0.1) is 6.92 Å². The molecule has 0 aliphatic heterocycles. The van der Waals surface area contributed by atoms with Crippen LogP contribution in [-0.4, -0.2) is 13.4 Å². The molecule has 0 spiro atoms. The Morgan fingerprint density at radius 1 is 1.05 bits per heavy atom. The molecule has 0 atom stereocenters. The monoisotopic (exact) mass is 302 g/mol. The Labute approximate surface area is 125 Å². The average molecular weight is 302 g/mol. The fourth-order valence-corrected chi connectivity index (χ4v) is 3.71. The molecule has 0 bridgehead atoms. The molecule has 2 aromatic rings. The van der Waals surface area contributed by atoms with Gasteiger partial charge < -0.3 is 0 Å². The maximum Gasteiger partial charge on any atom is 0.263 e. The molecule has 0 saturated heterocycles. The highest BCUT2D eigenvalue weighted by Crippen LogP contribution is 2.25. The molecule has 4 nitrogen and oxygen atoms in total. The maximum absolute atomic E-state index is 12.4. The van der Waals surface area contributed by atoms with Crippen molar-refractivity contribution < 1.29 is 8.42 Å². The molecule has 1 aromatic heterocycles. The van der Waals surface area contributed by atoms with Crippen molar-refractivity contribution in [2.75, 3.05) is 4.72 Å². The van der Waals surface area contributed by atoms with Gasteiger partial charge in [0.15, 0.2) is 0 Å². The van der Waals surface area contributed by atoms with E-state index in [0.717, 1.165) is 30.4 Å². The SMILES string of the molecule is Cc1ccnc(NS(=O)(=O)c2ccc3c(c2)CCCC3)c1. The summed E-state index contributed by atoms with van der Waals surface area (Å²) in [5, 5.41) is 0. The normalized spacial score (nSPS) is 14.5. The van der Waals surface area contributed by atoms with Crippen molar-refractivity contribution in [3.8, 4) is 0 Å². The molecule has 1 aliphatic carbocycles. The van der Waals surface area contributed by atoms with Crippen molar-refractivity contribution in [1.29, 1.82) is 0 Å². The van der Waals surface area contributed by atoms with Gasteiger partial charge in [-0.05, 0) is 73.6 Å². The molecule has 1 aromatic carbocycles. The number of aromatic nitrogens is 1. The zero-order valence-corrected chi connectivity index (χ0v) is 12.8. The largest absolute Gasteiger partial charge is 0.263 e. The Balaban J connectivity index is 1.91. The third kappa shape index (κ3) is 3.08. The summed E-state index contributed by atoms with van der Waals surface area (Å²) in [6.07, 6.45) is 5.91. The van der Waals surface area contributed by atoms with Gasteiger partial charge in [-0.1, -0.05) is 6.07 Å². The highest BCUT2D eigenvalue weighted by Gasteiger charge is 2.18. The number of benzene rings is 1. The lowest BCUT2D eigenvalue weighted by Gasteiger charge is -2.17. The van der Waals surface area contributed by atoms with Crippen LogP contribution in [-0.2, 0) is 22.9 Å². The lowest BCUT2D eigenvalue weighted by atomic mass is 9.92. The number of pyridine rings is 1. The minimum Gasteiger partial charge on any atom is -0.263 e. The van der Waals surface area contributed by atoms with Gasteiger partial charge in [-0.15, -0.1) is 0 Å². The summed E-state index contributed by atoms with van der Waals surface area (Å²) in [5.41, 5.74) is 3.39. The van der Waals surface area contributed by atoms with Crippen LogP contribution in [0.3, 0.4) is 0 Å². The van der Waals surface area contributed by atoms with Gasteiger partial charge in [0.25, 0.3) is 10.0 Å². The lowest BCUT2D eigenvalue weighted by molar-refractivity contribution is 0.600. The summed E-state index contributed by atoms with van der Waals surface area (Å²) in [5.74, 6) is 0.354. The Bertz CT molecular complexity index is 770. The van der Waals surface area contributed by atoms with E-state index in [1.54, 1.807) is 24.4 Å². The summed E-state index contributed by atoms with van der Waals surface area (Å²) in [7, 11) is -3.58. The summed E-state index contributed by atoms with van der Waals surface area (Å²) < 4.78 is 27.4. The first-order valence-corrected chi connectivity index (χ1v) is 8.60. The van der Waals surface area contributed by atoms with E-state index in [1.165, 1.54) is 12.0 Å². The molecule has 0 amide bonds. The van der Waals surface area contributed by atoms with Gasteiger partial charge in [0.1, 0.15) is 5.82 Å². The van der Waals surface area contributed by atoms with Crippen LogP contribution >= 0.6 is 0 Å². The van der Waals surface area contributed by atoms with Crippen LogP contribution in [0.4, 0.5) is 5.82 Å². The minimum atomic E-state index is -3.58. The Kier molecular flexibility index (Phi) is 3.68. The van der Waals surface area contributed by atoms with Crippen molar-refractivity contribution >= 4 is 15.8 Å². The summed E-state index contributed by atoms with van der Waals surface area (Å²) >= 11 is 0. The smallest absolute Gasteiger partial charge is 0.263 e. The predicted molar refractivity (Wildman–Crippen MR) is 82.9 cm³/mol. The van der Waals surface area contributed by atoms with Crippen LogP contribution in [0.15, 0.2) is 41.4 Å². The predicted octanol–water partition coefficient (Wildman–Crippen LogP) is 3.07. The van der Waals surface area contributed by atoms with Crippen molar-refractivity contribution in [3.63, 3.8) is 0 Å². The van der Waals surface area contributed by atoms with Crippen LogP contribution in [0.1, 0.15) is 29.5 Å². The number of aryl methyl sites for hydroxylation is 3. The second kappa shape index (κ2) is 5.48. The standard InChI is InChI=1S/C16H18N2O2S/c1-12-8-9-17-16(10-12)18-21(19,20)15-7-6-13-4-2-3-5-14(13)11-15/h6-11H,2-5H2,1H3,(H,17,18). The average Bonchev–Trinajstić information content (AvgIpc) is 2.46. The highest BCUT2D eigenvalue weighted by atomic mass is 32.2. The summed E-state index contributed by atoms with van der Waals surface area (Å²) in [6.45, 7) is 1.90. The van der Waals surface area contributed by atoms with Gasteiger partial charge in [-0.3, -0.25) is 4.72 Å². The van der Waals surface area contributed by atoms with Crippen LogP contribution < -0.4 is 4.72 Å². The molecule has 1 N–H and O–H groups in total. The Morgan fingerprint density at radius 2 is 1.81 bits per heavy atom. The number of hydrogen-bond donors (Lipinski definition) is 1. The van der Waals surface area contributed by atoms with Crippen LogP contribution in [0.5, 0.6) is 0 Å². The van der Waals surface area contributed by atoms with Gasteiger partial charge in [0.05, 0.1) is 4.90 Å². The van der Waals surface area contributed by atoms with E-state index >= 15 is 0 Å². The summed E-state index contributed by atoms with van der Waals surface area (Å²) in [6, 6.07) is 8.97. The molecule has 1 aliphatic rings. The zero-order chi connectivity index (χ0) is 14.9. The molecular weight excluding hydrogens is 284 g/mol. The van der Waals surface area contributed by atoms with Crippen LogP contribution in [0.25, 0.3) is 0 Å². The maximum atomic E-state index is 12.4. The molecule has 1 heterocycles. The number of hydrogen-bond acceptors (Lipinski definition) is 3.